The van der Waals surface area contributed by atoms with Gasteiger partial charge in [-0.05, 0) is 49.7 Å². The molecule has 144 valence electrons. The van der Waals surface area contributed by atoms with E-state index in [0.717, 1.165) is 47.8 Å². The monoisotopic (exact) mass is 376 g/mol. The van der Waals surface area contributed by atoms with Crippen molar-refractivity contribution in [2.75, 3.05) is 5.32 Å². The van der Waals surface area contributed by atoms with Crippen molar-refractivity contribution in [3.05, 3.63) is 36.8 Å². The van der Waals surface area contributed by atoms with Crippen LogP contribution in [0.4, 0.5) is 5.82 Å². The molecule has 2 aliphatic rings. The van der Waals surface area contributed by atoms with E-state index in [2.05, 4.69) is 15.4 Å². The van der Waals surface area contributed by atoms with E-state index >= 15 is 0 Å². The van der Waals surface area contributed by atoms with Crippen molar-refractivity contribution in [3.8, 4) is 11.3 Å². The Labute approximate surface area is 163 Å². The molecule has 2 aliphatic carbocycles. The number of aromatic nitrogens is 4. The molecule has 7 nitrogen and oxygen atoms in total. The van der Waals surface area contributed by atoms with Crippen LogP contribution in [0.25, 0.3) is 22.2 Å². The number of amides is 1. The van der Waals surface area contributed by atoms with E-state index in [4.69, 9.17) is 10.7 Å². The molecular weight excluding hydrogens is 352 g/mol. The lowest BCUT2D eigenvalue weighted by atomic mass is 9.76. The second kappa shape index (κ2) is 6.67. The van der Waals surface area contributed by atoms with E-state index in [9.17, 15) is 4.79 Å². The Kier molecular flexibility index (Phi) is 4.12. The van der Waals surface area contributed by atoms with Gasteiger partial charge < -0.3 is 11.1 Å². The number of carbonyl (C=O) groups is 1. The SMILES string of the molecule is Cn1cc(-c2ccc3cnc(NC(=O)C4C5CC[C@@H]4CC(N)C5)cc3n2)cn1. The molecule has 3 aromatic rings. The summed E-state index contributed by atoms with van der Waals surface area (Å²) in [6.45, 7) is 0. The topological polar surface area (TPSA) is 98.7 Å². The molecule has 28 heavy (non-hydrogen) atoms. The minimum absolute atomic E-state index is 0.0620. The maximum atomic E-state index is 12.9. The second-order valence-electron chi connectivity index (χ2n) is 8.21. The zero-order valence-electron chi connectivity index (χ0n) is 15.9. The van der Waals surface area contributed by atoms with Gasteiger partial charge in [0, 0.05) is 48.4 Å². The minimum atomic E-state index is 0.0620. The molecule has 3 unspecified atom stereocenters. The smallest absolute Gasteiger partial charge is 0.229 e. The Hall–Kier alpha value is -2.80. The summed E-state index contributed by atoms with van der Waals surface area (Å²) in [5, 5.41) is 8.18. The van der Waals surface area contributed by atoms with Gasteiger partial charge in [0.2, 0.25) is 5.91 Å². The molecule has 2 fully saturated rings. The number of nitrogens with one attached hydrogen (secondary N) is 1. The number of rotatable bonds is 3. The van der Waals surface area contributed by atoms with Crippen molar-refractivity contribution in [3.63, 3.8) is 0 Å². The van der Waals surface area contributed by atoms with Crippen LogP contribution in [0.1, 0.15) is 25.7 Å². The van der Waals surface area contributed by atoms with Crippen molar-refractivity contribution in [1.29, 1.82) is 0 Å². The lowest BCUT2D eigenvalue weighted by molar-refractivity contribution is -0.123. The fourth-order valence-electron chi connectivity index (χ4n) is 5.01. The number of nitrogens with two attached hydrogens (primary N) is 1. The number of anilines is 1. The summed E-state index contributed by atoms with van der Waals surface area (Å²) >= 11 is 0. The van der Waals surface area contributed by atoms with Gasteiger partial charge in [-0.3, -0.25) is 9.48 Å². The third-order valence-electron chi connectivity index (χ3n) is 6.26. The van der Waals surface area contributed by atoms with Crippen LogP contribution in [0.3, 0.4) is 0 Å². The molecule has 3 heterocycles. The number of pyridine rings is 2. The maximum absolute atomic E-state index is 12.9. The molecule has 0 aliphatic heterocycles. The fourth-order valence-corrected chi connectivity index (χ4v) is 5.01. The maximum Gasteiger partial charge on any atom is 0.229 e. The van der Waals surface area contributed by atoms with E-state index in [-0.39, 0.29) is 17.9 Å². The summed E-state index contributed by atoms with van der Waals surface area (Å²) in [5.41, 5.74) is 8.75. The van der Waals surface area contributed by atoms with Crippen LogP contribution in [0, 0.1) is 17.8 Å². The first kappa shape index (κ1) is 17.3. The van der Waals surface area contributed by atoms with Crippen molar-refractivity contribution in [2.24, 2.45) is 30.5 Å². The van der Waals surface area contributed by atoms with Crippen LogP contribution < -0.4 is 11.1 Å². The minimum Gasteiger partial charge on any atom is -0.328 e. The summed E-state index contributed by atoms with van der Waals surface area (Å²) in [6, 6.07) is 6.05. The predicted octanol–water partition coefficient (Wildman–Crippen LogP) is 2.73. The quantitative estimate of drug-likeness (QED) is 0.732. The Bertz CT molecular complexity index is 1030. The van der Waals surface area contributed by atoms with Gasteiger partial charge in [-0.2, -0.15) is 5.10 Å². The normalized spacial score (nSPS) is 26.5. The highest BCUT2D eigenvalue weighted by Crippen LogP contribution is 2.46. The number of nitrogens with zero attached hydrogens (tertiary/aromatic N) is 4. The summed E-state index contributed by atoms with van der Waals surface area (Å²) in [7, 11) is 1.88. The molecule has 0 spiro atoms. The van der Waals surface area contributed by atoms with Crippen molar-refractivity contribution >= 4 is 22.6 Å². The Morgan fingerprint density at radius 2 is 2.00 bits per heavy atom. The highest BCUT2D eigenvalue weighted by Gasteiger charge is 2.45. The van der Waals surface area contributed by atoms with Crippen molar-refractivity contribution < 1.29 is 4.79 Å². The average Bonchev–Trinajstić information content (AvgIpc) is 3.22. The summed E-state index contributed by atoms with van der Waals surface area (Å²) in [5.74, 6) is 1.51. The second-order valence-corrected chi connectivity index (χ2v) is 8.21. The van der Waals surface area contributed by atoms with E-state index < -0.39 is 0 Å². The summed E-state index contributed by atoms with van der Waals surface area (Å²) in [6.07, 6.45) is 9.61. The van der Waals surface area contributed by atoms with Crippen LogP contribution in [-0.4, -0.2) is 31.7 Å². The number of hydrogen-bond donors (Lipinski definition) is 2. The molecule has 4 atom stereocenters. The van der Waals surface area contributed by atoms with Gasteiger partial charge in [-0.25, -0.2) is 9.97 Å². The molecule has 0 radical (unpaired) electrons. The first-order valence-electron chi connectivity index (χ1n) is 9.89. The molecule has 2 bridgehead atoms. The Morgan fingerprint density at radius 1 is 1.21 bits per heavy atom. The van der Waals surface area contributed by atoms with Crippen LogP contribution in [0.2, 0.25) is 0 Å². The standard InChI is InChI=1S/C21H24N6O/c1-27-11-15(10-24-27)17-5-4-14-9-23-19(8-18(14)25-17)26-21(28)20-12-2-3-13(20)7-16(22)6-12/h4-5,8-13,16,20H,2-3,6-7,22H2,1H3,(H,23,26,28)/t12-,13?,16?,20?/m1/s1. The predicted molar refractivity (Wildman–Crippen MR) is 107 cm³/mol. The van der Waals surface area contributed by atoms with Gasteiger partial charge in [0.15, 0.2) is 0 Å². The van der Waals surface area contributed by atoms with Crippen molar-refractivity contribution in [2.45, 2.75) is 31.7 Å². The van der Waals surface area contributed by atoms with Gasteiger partial charge in [0.1, 0.15) is 5.82 Å². The lowest BCUT2D eigenvalue weighted by Crippen LogP contribution is -2.40. The molecule has 0 saturated heterocycles. The molecule has 7 heteroatoms. The van der Waals surface area contributed by atoms with E-state index in [0.29, 0.717) is 17.7 Å². The third-order valence-corrected chi connectivity index (χ3v) is 6.26. The Balaban J connectivity index is 1.39. The van der Waals surface area contributed by atoms with E-state index in [1.54, 1.807) is 17.1 Å². The number of aryl methyl sites for hydroxylation is 1. The molecular formula is C21H24N6O. The fraction of sp³-hybridized carbons (Fsp3) is 0.429. The average molecular weight is 376 g/mol. The molecule has 3 aromatic heterocycles. The molecule has 5 rings (SSSR count). The molecule has 1 amide bonds. The zero-order chi connectivity index (χ0) is 19.3. The largest absolute Gasteiger partial charge is 0.328 e. The molecule has 2 saturated carbocycles. The summed E-state index contributed by atoms with van der Waals surface area (Å²) in [4.78, 5) is 22.1. The lowest BCUT2D eigenvalue weighted by Gasteiger charge is -2.32. The molecule has 0 aromatic carbocycles. The van der Waals surface area contributed by atoms with Gasteiger partial charge in [-0.15, -0.1) is 0 Å². The van der Waals surface area contributed by atoms with Crippen LogP contribution >= 0.6 is 0 Å². The van der Waals surface area contributed by atoms with Gasteiger partial charge in [0.25, 0.3) is 0 Å². The Morgan fingerprint density at radius 3 is 2.71 bits per heavy atom. The first-order chi connectivity index (χ1) is 13.6. The molecule has 3 N–H and O–H groups in total. The van der Waals surface area contributed by atoms with Gasteiger partial charge in [0.05, 0.1) is 17.4 Å². The van der Waals surface area contributed by atoms with Crippen LogP contribution in [0.15, 0.2) is 36.8 Å². The van der Waals surface area contributed by atoms with Gasteiger partial charge in [-0.1, -0.05) is 0 Å². The zero-order valence-corrected chi connectivity index (χ0v) is 15.9. The number of fused-ring (bicyclic) bond motifs is 3. The number of carbonyl (C=O) groups excluding carboxylic acids is 1. The van der Waals surface area contributed by atoms with E-state index in [1.165, 1.54) is 0 Å². The van der Waals surface area contributed by atoms with Crippen LogP contribution in [-0.2, 0) is 11.8 Å². The third kappa shape index (κ3) is 3.05. The highest BCUT2D eigenvalue weighted by molar-refractivity contribution is 5.94. The van der Waals surface area contributed by atoms with Crippen LogP contribution in [0.5, 0.6) is 0 Å². The van der Waals surface area contributed by atoms with Gasteiger partial charge >= 0.3 is 0 Å². The first-order valence-corrected chi connectivity index (χ1v) is 9.89. The summed E-state index contributed by atoms with van der Waals surface area (Å²) < 4.78 is 1.75. The van der Waals surface area contributed by atoms with Crippen molar-refractivity contribution in [1.82, 2.24) is 19.7 Å². The number of hydrogen-bond acceptors (Lipinski definition) is 5. The van der Waals surface area contributed by atoms with E-state index in [1.807, 2.05) is 31.4 Å². The highest BCUT2D eigenvalue weighted by atomic mass is 16.2.